The summed E-state index contributed by atoms with van der Waals surface area (Å²) in [5, 5.41) is 0. The highest BCUT2D eigenvalue weighted by molar-refractivity contribution is 8.76. The van der Waals surface area contributed by atoms with Gasteiger partial charge >= 0.3 is 0 Å². The Morgan fingerprint density at radius 2 is 0.950 bits per heavy atom. The van der Waals surface area contributed by atoms with Gasteiger partial charge in [-0.05, 0) is 0 Å². The van der Waals surface area contributed by atoms with Gasteiger partial charge in [0.05, 0.1) is 0 Å². The Morgan fingerprint density at radius 3 is 1.25 bits per heavy atom. The molecule has 0 aromatic rings. The smallest absolute Gasteiger partial charge is 0.229 e. The Morgan fingerprint density at radius 1 is 0.650 bits per heavy atom. The summed E-state index contributed by atoms with van der Waals surface area (Å²) in [5.41, 5.74) is 0. The van der Waals surface area contributed by atoms with Gasteiger partial charge < -0.3 is 0 Å². The van der Waals surface area contributed by atoms with E-state index in [0.29, 0.717) is 50.3 Å². The predicted molar refractivity (Wildman–Crippen MR) is 76.8 cm³/mol. The van der Waals surface area contributed by atoms with Gasteiger partial charge in [0, 0.05) is 50.3 Å². The van der Waals surface area contributed by atoms with Crippen LogP contribution < -0.4 is 0 Å². The molecule has 0 N–H and O–H groups in total. The zero-order valence-electron chi connectivity index (χ0n) is 11.0. The standard InChI is InChI=1S/C12H16N2O4S2/c15-9-1-2-10(16)13(9)5-7-19-20-8-6-14-11(17)3-4-12(14)18/h1-8H2. The third kappa shape index (κ3) is 3.76. The van der Waals surface area contributed by atoms with Crippen LogP contribution >= 0.6 is 21.6 Å². The average Bonchev–Trinajstić information content (AvgIpc) is 2.90. The summed E-state index contributed by atoms with van der Waals surface area (Å²) in [6, 6.07) is 0. The van der Waals surface area contributed by atoms with Crippen molar-refractivity contribution in [1.82, 2.24) is 9.80 Å². The lowest BCUT2D eigenvalue weighted by atomic mass is 10.4. The van der Waals surface area contributed by atoms with E-state index in [0.717, 1.165) is 0 Å². The summed E-state index contributed by atoms with van der Waals surface area (Å²) in [6.45, 7) is 0.883. The minimum absolute atomic E-state index is 0.0890. The molecular formula is C12H16N2O4S2. The first kappa shape index (κ1) is 15.4. The molecular weight excluding hydrogens is 300 g/mol. The van der Waals surface area contributed by atoms with Crippen LogP contribution in [0.3, 0.4) is 0 Å². The van der Waals surface area contributed by atoms with Gasteiger partial charge in [-0.1, -0.05) is 21.6 Å². The number of likely N-dealkylation sites (tertiary alicyclic amines) is 2. The third-order valence-electron chi connectivity index (χ3n) is 3.19. The van der Waals surface area contributed by atoms with E-state index in [4.69, 9.17) is 0 Å². The van der Waals surface area contributed by atoms with Crippen LogP contribution in [-0.4, -0.2) is 58.0 Å². The Hall–Kier alpha value is -1.02. The second-order valence-corrected chi connectivity index (χ2v) is 7.22. The normalized spacial score (nSPS) is 19.6. The van der Waals surface area contributed by atoms with Crippen molar-refractivity contribution in [3.8, 4) is 0 Å². The largest absolute Gasteiger partial charge is 0.282 e. The molecule has 6 nitrogen and oxygen atoms in total. The van der Waals surface area contributed by atoms with Crippen molar-refractivity contribution in [3.63, 3.8) is 0 Å². The minimum atomic E-state index is -0.0890. The molecule has 0 bridgehead atoms. The van der Waals surface area contributed by atoms with Crippen LogP contribution in [-0.2, 0) is 19.2 Å². The summed E-state index contributed by atoms with van der Waals surface area (Å²) in [7, 11) is 3.10. The summed E-state index contributed by atoms with van der Waals surface area (Å²) < 4.78 is 0. The molecule has 20 heavy (non-hydrogen) atoms. The summed E-state index contributed by atoms with van der Waals surface area (Å²) >= 11 is 0. The van der Waals surface area contributed by atoms with Gasteiger partial charge in [0.1, 0.15) is 0 Å². The van der Waals surface area contributed by atoms with Crippen molar-refractivity contribution in [2.75, 3.05) is 24.6 Å². The first-order valence-electron chi connectivity index (χ1n) is 6.50. The third-order valence-corrected chi connectivity index (χ3v) is 5.55. The zero-order chi connectivity index (χ0) is 14.5. The monoisotopic (exact) mass is 316 g/mol. The van der Waals surface area contributed by atoms with E-state index >= 15 is 0 Å². The molecule has 0 saturated carbocycles. The van der Waals surface area contributed by atoms with Crippen molar-refractivity contribution < 1.29 is 19.2 Å². The molecule has 110 valence electrons. The van der Waals surface area contributed by atoms with Gasteiger partial charge in [0.15, 0.2) is 0 Å². The highest BCUT2D eigenvalue weighted by Crippen LogP contribution is 2.23. The van der Waals surface area contributed by atoms with E-state index in [1.165, 1.54) is 9.80 Å². The fourth-order valence-corrected chi connectivity index (χ4v) is 4.02. The fraction of sp³-hybridized carbons (Fsp3) is 0.667. The molecule has 0 unspecified atom stereocenters. The van der Waals surface area contributed by atoms with Crippen molar-refractivity contribution in [2.45, 2.75) is 25.7 Å². The number of imide groups is 2. The maximum absolute atomic E-state index is 11.4. The van der Waals surface area contributed by atoms with E-state index in [1.54, 1.807) is 21.6 Å². The predicted octanol–water partition coefficient (Wildman–Crippen LogP) is 0.666. The first-order valence-corrected chi connectivity index (χ1v) is 8.99. The topological polar surface area (TPSA) is 74.8 Å². The zero-order valence-corrected chi connectivity index (χ0v) is 12.6. The van der Waals surface area contributed by atoms with E-state index in [1.807, 2.05) is 0 Å². The second-order valence-electron chi connectivity index (χ2n) is 4.52. The van der Waals surface area contributed by atoms with Crippen LogP contribution in [0.4, 0.5) is 0 Å². The minimum Gasteiger partial charge on any atom is -0.282 e. The van der Waals surface area contributed by atoms with Crippen LogP contribution in [0, 0.1) is 0 Å². The Kier molecular flexibility index (Phi) is 5.47. The van der Waals surface area contributed by atoms with Crippen molar-refractivity contribution in [3.05, 3.63) is 0 Å². The van der Waals surface area contributed by atoms with E-state index in [-0.39, 0.29) is 23.6 Å². The molecule has 0 aromatic heterocycles. The van der Waals surface area contributed by atoms with Gasteiger partial charge in [-0.3, -0.25) is 29.0 Å². The van der Waals surface area contributed by atoms with Gasteiger partial charge in [0.25, 0.3) is 0 Å². The number of carbonyl (C=O) groups is 4. The quantitative estimate of drug-likeness (QED) is 0.390. The summed E-state index contributed by atoms with van der Waals surface area (Å²) in [5.74, 6) is 0.985. The van der Waals surface area contributed by atoms with Crippen LogP contribution in [0.1, 0.15) is 25.7 Å². The van der Waals surface area contributed by atoms with Crippen molar-refractivity contribution >= 4 is 45.2 Å². The summed E-state index contributed by atoms with van der Waals surface area (Å²) in [6.07, 6.45) is 1.32. The molecule has 2 rings (SSSR count). The van der Waals surface area contributed by atoms with Gasteiger partial charge in [0.2, 0.25) is 23.6 Å². The number of hydrogen-bond donors (Lipinski definition) is 0. The highest BCUT2D eigenvalue weighted by atomic mass is 33.1. The molecule has 2 heterocycles. The fourth-order valence-electron chi connectivity index (χ4n) is 2.12. The lowest BCUT2D eigenvalue weighted by molar-refractivity contribution is -0.139. The van der Waals surface area contributed by atoms with Gasteiger partial charge in [-0.25, -0.2) is 0 Å². The molecule has 0 radical (unpaired) electrons. The lowest BCUT2D eigenvalue weighted by Gasteiger charge is -2.14. The maximum Gasteiger partial charge on any atom is 0.229 e. The Labute approximate surface area is 125 Å². The van der Waals surface area contributed by atoms with Gasteiger partial charge in [-0.2, -0.15) is 0 Å². The van der Waals surface area contributed by atoms with Crippen molar-refractivity contribution in [2.24, 2.45) is 0 Å². The Balaban J connectivity index is 1.56. The van der Waals surface area contributed by atoms with E-state index < -0.39 is 0 Å². The molecule has 0 aromatic carbocycles. The molecule has 0 spiro atoms. The van der Waals surface area contributed by atoms with E-state index in [2.05, 4.69) is 0 Å². The molecule has 4 amide bonds. The maximum atomic E-state index is 11.4. The van der Waals surface area contributed by atoms with Crippen LogP contribution in [0.15, 0.2) is 0 Å². The number of hydrogen-bond acceptors (Lipinski definition) is 6. The molecule has 0 aliphatic carbocycles. The molecule has 8 heteroatoms. The number of amides is 4. The van der Waals surface area contributed by atoms with E-state index in [9.17, 15) is 19.2 Å². The molecule has 2 aliphatic rings. The second kappa shape index (κ2) is 7.12. The number of rotatable bonds is 7. The average molecular weight is 316 g/mol. The molecule has 0 atom stereocenters. The highest BCUT2D eigenvalue weighted by Gasteiger charge is 2.29. The first-order chi connectivity index (χ1) is 9.59. The molecule has 2 fully saturated rings. The number of nitrogens with zero attached hydrogens (tertiary/aromatic N) is 2. The van der Waals surface area contributed by atoms with Crippen molar-refractivity contribution in [1.29, 1.82) is 0 Å². The number of carbonyl (C=O) groups excluding carboxylic acids is 4. The summed E-state index contributed by atoms with van der Waals surface area (Å²) in [4.78, 5) is 48.0. The SMILES string of the molecule is O=C1CCC(=O)N1CCSSCCN1C(=O)CCC1=O. The lowest BCUT2D eigenvalue weighted by Crippen LogP contribution is -2.31. The van der Waals surface area contributed by atoms with Crippen LogP contribution in [0.5, 0.6) is 0 Å². The van der Waals surface area contributed by atoms with Gasteiger partial charge in [-0.15, -0.1) is 0 Å². The molecule has 2 aliphatic heterocycles. The molecule has 2 saturated heterocycles. The van der Waals surface area contributed by atoms with Crippen LogP contribution in [0.25, 0.3) is 0 Å². The Bertz CT molecular complexity index is 369. The van der Waals surface area contributed by atoms with Crippen LogP contribution in [0.2, 0.25) is 0 Å².